The van der Waals surface area contributed by atoms with E-state index in [9.17, 15) is 0 Å². The minimum atomic E-state index is 0.563. The highest BCUT2D eigenvalue weighted by atomic mass is 32.1. The molecule has 1 atom stereocenters. The zero-order valence-corrected chi connectivity index (χ0v) is 10.9. The number of hydrogen-bond donors (Lipinski definition) is 1. The molecule has 0 aromatic heterocycles. The third-order valence-corrected chi connectivity index (χ3v) is 3.71. The second-order valence-corrected chi connectivity index (χ2v) is 5.14. The highest BCUT2D eigenvalue weighted by Gasteiger charge is 2.23. The Morgan fingerprint density at radius 2 is 2.13 bits per heavy atom. The molecule has 0 radical (unpaired) electrons. The highest BCUT2D eigenvalue weighted by Crippen LogP contribution is 2.28. The minimum absolute atomic E-state index is 0.563. The van der Waals surface area contributed by atoms with Crippen LogP contribution in [0.5, 0.6) is 0 Å². The fourth-order valence-electron chi connectivity index (χ4n) is 2.31. The standard InChI is InChI=1S/C12H24N2S/c1-3-11(8-12(13)15)14(4-2)9-10-6-5-7-10/h10-11H,3-9H2,1-2H3,(H2,13,15). The summed E-state index contributed by atoms with van der Waals surface area (Å²) in [6.07, 6.45) is 6.29. The maximum absolute atomic E-state index is 5.64. The second-order valence-electron chi connectivity index (χ2n) is 4.62. The fourth-order valence-corrected chi connectivity index (χ4v) is 2.50. The van der Waals surface area contributed by atoms with E-state index in [0.717, 1.165) is 25.3 Å². The van der Waals surface area contributed by atoms with Gasteiger partial charge in [-0.1, -0.05) is 32.5 Å². The molecule has 0 saturated heterocycles. The van der Waals surface area contributed by atoms with E-state index in [2.05, 4.69) is 18.7 Å². The molecule has 3 heteroatoms. The van der Waals surface area contributed by atoms with E-state index in [1.54, 1.807) is 0 Å². The Hall–Kier alpha value is -0.150. The summed E-state index contributed by atoms with van der Waals surface area (Å²) in [7, 11) is 0. The van der Waals surface area contributed by atoms with Crippen LogP contribution in [-0.2, 0) is 0 Å². The molecule has 2 nitrogen and oxygen atoms in total. The monoisotopic (exact) mass is 228 g/mol. The third-order valence-electron chi connectivity index (χ3n) is 3.55. The summed E-state index contributed by atoms with van der Waals surface area (Å²) in [5, 5.41) is 0. The molecular formula is C12H24N2S. The van der Waals surface area contributed by atoms with Gasteiger partial charge >= 0.3 is 0 Å². The van der Waals surface area contributed by atoms with E-state index in [0.29, 0.717) is 11.0 Å². The Kier molecular flexibility index (Phi) is 5.54. The lowest BCUT2D eigenvalue weighted by Crippen LogP contribution is -2.41. The Labute approximate surface area is 99.2 Å². The molecule has 1 unspecified atom stereocenters. The number of nitrogens with two attached hydrogens (primary N) is 1. The van der Waals surface area contributed by atoms with E-state index < -0.39 is 0 Å². The van der Waals surface area contributed by atoms with Gasteiger partial charge in [0.2, 0.25) is 0 Å². The molecule has 0 heterocycles. The van der Waals surface area contributed by atoms with Crippen molar-refractivity contribution < 1.29 is 0 Å². The van der Waals surface area contributed by atoms with Crippen molar-refractivity contribution in [2.24, 2.45) is 11.7 Å². The van der Waals surface area contributed by atoms with Crippen LogP contribution in [0.1, 0.15) is 46.0 Å². The molecule has 1 fully saturated rings. The normalized spacial score (nSPS) is 18.9. The van der Waals surface area contributed by atoms with Gasteiger partial charge in [0.05, 0.1) is 4.99 Å². The van der Waals surface area contributed by atoms with Crippen LogP contribution >= 0.6 is 12.2 Å². The minimum Gasteiger partial charge on any atom is -0.393 e. The summed E-state index contributed by atoms with van der Waals surface area (Å²) in [6.45, 7) is 6.84. The van der Waals surface area contributed by atoms with Crippen molar-refractivity contribution in [3.63, 3.8) is 0 Å². The number of rotatable bonds is 7. The van der Waals surface area contributed by atoms with E-state index in [1.165, 1.54) is 25.8 Å². The molecule has 1 aliphatic rings. The van der Waals surface area contributed by atoms with Crippen LogP contribution in [0, 0.1) is 5.92 Å². The fraction of sp³-hybridized carbons (Fsp3) is 0.917. The summed E-state index contributed by atoms with van der Waals surface area (Å²) in [4.78, 5) is 3.22. The largest absolute Gasteiger partial charge is 0.393 e. The lowest BCUT2D eigenvalue weighted by molar-refractivity contribution is 0.138. The van der Waals surface area contributed by atoms with Crippen molar-refractivity contribution in [1.29, 1.82) is 0 Å². The zero-order valence-electron chi connectivity index (χ0n) is 10.0. The highest BCUT2D eigenvalue weighted by molar-refractivity contribution is 7.80. The lowest BCUT2D eigenvalue weighted by Gasteiger charge is -2.36. The van der Waals surface area contributed by atoms with E-state index in [-0.39, 0.29) is 0 Å². The van der Waals surface area contributed by atoms with Crippen molar-refractivity contribution in [2.45, 2.75) is 52.0 Å². The zero-order chi connectivity index (χ0) is 11.3. The predicted molar refractivity (Wildman–Crippen MR) is 70.1 cm³/mol. The second kappa shape index (κ2) is 6.44. The number of hydrogen-bond acceptors (Lipinski definition) is 2. The average molecular weight is 228 g/mol. The average Bonchev–Trinajstić information content (AvgIpc) is 2.13. The van der Waals surface area contributed by atoms with Crippen molar-refractivity contribution in [2.75, 3.05) is 13.1 Å². The van der Waals surface area contributed by atoms with E-state index in [1.807, 2.05) is 0 Å². The molecule has 0 spiro atoms. The van der Waals surface area contributed by atoms with Gasteiger partial charge < -0.3 is 5.73 Å². The topological polar surface area (TPSA) is 29.3 Å². The first-order valence-corrected chi connectivity index (χ1v) is 6.60. The maximum atomic E-state index is 5.64. The molecule has 0 bridgehead atoms. The summed E-state index contributed by atoms with van der Waals surface area (Å²) >= 11 is 5.01. The Balaban J connectivity index is 2.40. The van der Waals surface area contributed by atoms with Crippen LogP contribution in [0.25, 0.3) is 0 Å². The van der Waals surface area contributed by atoms with Gasteiger partial charge in [-0.15, -0.1) is 0 Å². The van der Waals surface area contributed by atoms with Gasteiger partial charge in [0, 0.05) is 19.0 Å². The summed E-state index contributed by atoms with van der Waals surface area (Å²) in [5.41, 5.74) is 5.64. The number of thiocarbonyl (C=S) groups is 1. The number of nitrogens with zero attached hydrogens (tertiary/aromatic N) is 1. The van der Waals surface area contributed by atoms with Gasteiger partial charge in [0.15, 0.2) is 0 Å². The van der Waals surface area contributed by atoms with Crippen LogP contribution in [0.15, 0.2) is 0 Å². The van der Waals surface area contributed by atoms with Gasteiger partial charge in [0.1, 0.15) is 0 Å². The molecule has 88 valence electrons. The lowest BCUT2D eigenvalue weighted by atomic mass is 9.84. The molecule has 15 heavy (non-hydrogen) atoms. The van der Waals surface area contributed by atoms with Crippen LogP contribution in [0.3, 0.4) is 0 Å². The molecule has 0 aromatic rings. The quantitative estimate of drug-likeness (QED) is 0.679. The van der Waals surface area contributed by atoms with Gasteiger partial charge in [0.25, 0.3) is 0 Å². The van der Waals surface area contributed by atoms with Crippen LogP contribution in [-0.4, -0.2) is 29.0 Å². The summed E-state index contributed by atoms with van der Waals surface area (Å²) in [6, 6.07) is 0.563. The molecule has 1 saturated carbocycles. The van der Waals surface area contributed by atoms with Crippen molar-refractivity contribution in [1.82, 2.24) is 4.90 Å². The first-order valence-electron chi connectivity index (χ1n) is 6.19. The third kappa shape index (κ3) is 4.07. The first-order chi connectivity index (χ1) is 7.17. The Bertz CT molecular complexity index is 202. The molecule has 1 aliphatic carbocycles. The first kappa shape index (κ1) is 12.9. The van der Waals surface area contributed by atoms with Crippen molar-refractivity contribution in [3.8, 4) is 0 Å². The predicted octanol–water partition coefficient (Wildman–Crippen LogP) is 2.56. The van der Waals surface area contributed by atoms with Crippen LogP contribution in [0.4, 0.5) is 0 Å². The Morgan fingerprint density at radius 3 is 2.47 bits per heavy atom. The van der Waals surface area contributed by atoms with Crippen LogP contribution < -0.4 is 5.73 Å². The van der Waals surface area contributed by atoms with Crippen molar-refractivity contribution >= 4 is 17.2 Å². The molecule has 0 aromatic carbocycles. The summed E-state index contributed by atoms with van der Waals surface area (Å²) < 4.78 is 0. The van der Waals surface area contributed by atoms with Gasteiger partial charge in [-0.3, -0.25) is 4.90 Å². The molecular weight excluding hydrogens is 204 g/mol. The van der Waals surface area contributed by atoms with E-state index in [4.69, 9.17) is 18.0 Å². The SMILES string of the molecule is CCC(CC(N)=S)N(CC)CC1CCC1. The molecule has 0 amide bonds. The Morgan fingerprint density at radius 1 is 1.47 bits per heavy atom. The van der Waals surface area contributed by atoms with Crippen LogP contribution in [0.2, 0.25) is 0 Å². The van der Waals surface area contributed by atoms with Crippen molar-refractivity contribution in [3.05, 3.63) is 0 Å². The summed E-state index contributed by atoms with van der Waals surface area (Å²) in [5.74, 6) is 0.936. The molecule has 1 rings (SSSR count). The maximum Gasteiger partial charge on any atom is 0.0743 e. The van der Waals surface area contributed by atoms with Gasteiger partial charge in [-0.05, 0) is 31.7 Å². The molecule has 2 N–H and O–H groups in total. The van der Waals surface area contributed by atoms with Gasteiger partial charge in [-0.25, -0.2) is 0 Å². The van der Waals surface area contributed by atoms with E-state index >= 15 is 0 Å². The van der Waals surface area contributed by atoms with Gasteiger partial charge in [-0.2, -0.15) is 0 Å². The molecule has 0 aliphatic heterocycles. The smallest absolute Gasteiger partial charge is 0.0743 e.